The van der Waals surface area contributed by atoms with E-state index in [1.54, 1.807) is 0 Å². The minimum atomic E-state index is 0.654. The van der Waals surface area contributed by atoms with Gasteiger partial charge in [-0.1, -0.05) is 6.07 Å². The third kappa shape index (κ3) is 3.53. The molecule has 0 radical (unpaired) electrons. The summed E-state index contributed by atoms with van der Waals surface area (Å²) in [5.74, 6) is 1.76. The van der Waals surface area contributed by atoms with Crippen molar-refractivity contribution < 1.29 is 9.15 Å². The molecule has 0 fully saturated rings. The Morgan fingerprint density at radius 2 is 2.18 bits per heavy atom. The summed E-state index contributed by atoms with van der Waals surface area (Å²) in [6.45, 7) is 3.30. The standard InChI is InChI=1S/C13H14BrNO2/c1-2-16-11-5-3-4-10(8-11)15-9-12-6-7-13(14)17-12/h3-8,15H,2,9H2,1H3. The average molecular weight is 296 g/mol. The fourth-order valence-corrected chi connectivity index (χ4v) is 1.84. The number of hydrogen-bond donors (Lipinski definition) is 1. The summed E-state index contributed by atoms with van der Waals surface area (Å²) in [5.41, 5.74) is 1.02. The third-order valence-corrected chi connectivity index (χ3v) is 2.67. The molecule has 17 heavy (non-hydrogen) atoms. The van der Waals surface area contributed by atoms with Gasteiger partial charge in [-0.15, -0.1) is 0 Å². The summed E-state index contributed by atoms with van der Waals surface area (Å²) in [4.78, 5) is 0. The largest absolute Gasteiger partial charge is 0.494 e. The van der Waals surface area contributed by atoms with Gasteiger partial charge < -0.3 is 14.5 Å². The lowest BCUT2D eigenvalue weighted by Gasteiger charge is -2.07. The molecule has 1 aromatic carbocycles. The lowest BCUT2D eigenvalue weighted by atomic mass is 10.3. The van der Waals surface area contributed by atoms with Gasteiger partial charge in [0, 0.05) is 11.8 Å². The Morgan fingerprint density at radius 3 is 2.88 bits per heavy atom. The average Bonchev–Trinajstić information content (AvgIpc) is 2.74. The molecule has 1 heterocycles. The van der Waals surface area contributed by atoms with E-state index >= 15 is 0 Å². The first-order valence-electron chi connectivity index (χ1n) is 5.49. The van der Waals surface area contributed by atoms with Crippen LogP contribution >= 0.6 is 15.9 Å². The van der Waals surface area contributed by atoms with E-state index in [1.807, 2.05) is 43.3 Å². The number of hydrogen-bond acceptors (Lipinski definition) is 3. The van der Waals surface area contributed by atoms with Crippen LogP contribution in [0.4, 0.5) is 5.69 Å². The van der Waals surface area contributed by atoms with Crippen molar-refractivity contribution in [3.63, 3.8) is 0 Å². The molecule has 0 saturated heterocycles. The molecule has 0 aliphatic heterocycles. The van der Waals surface area contributed by atoms with Gasteiger partial charge in [0.25, 0.3) is 0 Å². The van der Waals surface area contributed by atoms with Crippen LogP contribution in [0.2, 0.25) is 0 Å². The summed E-state index contributed by atoms with van der Waals surface area (Å²) in [6.07, 6.45) is 0. The molecule has 1 N–H and O–H groups in total. The Balaban J connectivity index is 1.96. The lowest BCUT2D eigenvalue weighted by Crippen LogP contribution is -1.98. The number of rotatable bonds is 5. The van der Waals surface area contributed by atoms with Crippen LogP contribution in [-0.2, 0) is 6.54 Å². The predicted molar refractivity (Wildman–Crippen MR) is 71.3 cm³/mol. The van der Waals surface area contributed by atoms with Crippen LogP contribution in [0.3, 0.4) is 0 Å². The molecule has 3 nitrogen and oxygen atoms in total. The van der Waals surface area contributed by atoms with Crippen LogP contribution in [0, 0.1) is 0 Å². The molecule has 4 heteroatoms. The first-order valence-corrected chi connectivity index (χ1v) is 6.28. The quantitative estimate of drug-likeness (QED) is 0.903. The van der Waals surface area contributed by atoms with Crippen molar-refractivity contribution in [1.29, 1.82) is 0 Å². The Bertz CT molecular complexity index is 482. The zero-order chi connectivity index (χ0) is 12.1. The summed E-state index contributed by atoms with van der Waals surface area (Å²) in [7, 11) is 0. The van der Waals surface area contributed by atoms with E-state index in [0.29, 0.717) is 13.2 Å². The van der Waals surface area contributed by atoms with Crippen LogP contribution in [0.15, 0.2) is 45.5 Å². The second-order valence-corrected chi connectivity index (χ2v) is 4.30. The van der Waals surface area contributed by atoms with Crippen molar-refractivity contribution in [2.75, 3.05) is 11.9 Å². The zero-order valence-electron chi connectivity index (χ0n) is 9.57. The number of furan rings is 1. The van der Waals surface area contributed by atoms with E-state index in [-0.39, 0.29) is 0 Å². The molecule has 90 valence electrons. The molecule has 0 aliphatic rings. The third-order valence-electron chi connectivity index (χ3n) is 2.24. The molecular weight excluding hydrogens is 282 g/mol. The maximum atomic E-state index is 5.43. The van der Waals surface area contributed by atoms with Crippen molar-refractivity contribution in [2.45, 2.75) is 13.5 Å². The smallest absolute Gasteiger partial charge is 0.169 e. The van der Waals surface area contributed by atoms with Crippen molar-refractivity contribution in [1.82, 2.24) is 0 Å². The minimum Gasteiger partial charge on any atom is -0.494 e. The molecule has 0 bridgehead atoms. The fraction of sp³-hybridized carbons (Fsp3) is 0.231. The van der Waals surface area contributed by atoms with Crippen LogP contribution < -0.4 is 10.1 Å². The first kappa shape index (κ1) is 12.0. The van der Waals surface area contributed by atoms with E-state index in [9.17, 15) is 0 Å². The van der Waals surface area contributed by atoms with Crippen LogP contribution in [0.25, 0.3) is 0 Å². The van der Waals surface area contributed by atoms with E-state index in [2.05, 4.69) is 21.2 Å². The minimum absolute atomic E-state index is 0.654. The van der Waals surface area contributed by atoms with E-state index < -0.39 is 0 Å². The molecular formula is C13H14BrNO2. The number of benzene rings is 1. The Kier molecular flexibility index (Phi) is 4.09. The molecule has 0 atom stereocenters. The monoisotopic (exact) mass is 295 g/mol. The van der Waals surface area contributed by atoms with Gasteiger partial charge >= 0.3 is 0 Å². The van der Waals surface area contributed by atoms with Gasteiger partial charge in [0.2, 0.25) is 0 Å². The lowest BCUT2D eigenvalue weighted by molar-refractivity contribution is 0.340. The molecule has 1 aromatic heterocycles. The van der Waals surface area contributed by atoms with Crippen molar-refractivity contribution in [3.05, 3.63) is 46.8 Å². The van der Waals surface area contributed by atoms with Gasteiger partial charge in [-0.25, -0.2) is 0 Å². The molecule has 0 unspecified atom stereocenters. The molecule has 2 rings (SSSR count). The highest BCUT2D eigenvalue weighted by molar-refractivity contribution is 9.10. The van der Waals surface area contributed by atoms with Crippen molar-refractivity contribution >= 4 is 21.6 Å². The topological polar surface area (TPSA) is 34.4 Å². The first-order chi connectivity index (χ1) is 8.28. The van der Waals surface area contributed by atoms with Crippen LogP contribution in [0.1, 0.15) is 12.7 Å². The fourth-order valence-electron chi connectivity index (χ4n) is 1.50. The van der Waals surface area contributed by atoms with Crippen LogP contribution in [-0.4, -0.2) is 6.61 Å². The number of nitrogens with one attached hydrogen (secondary N) is 1. The van der Waals surface area contributed by atoms with Gasteiger partial charge in [0.1, 0.15) is 11.5 Å². The van der Waals surface area contributed by atoms with Gasteiger partial charge in [0.05, 0.1) is 13.2 Å². The van der Waals surface area contributed by atoms with Crippen molar-refractivity contribution in [3.8, 4) is 5.75 Å². The maximum Gasteiger partial charge on any atom is 0.169 e. The van der Waals surface area contributed by atoms with E-state index in [0.717, 1.165) is 21.9 Å². The molecule has 0 amide bonds. The molecule has 0 spiro atoms. The number of ether oxygens (including phenoxy) is 1. The zero-order valence-corrected chi connectivity index (χ0v) is 11.2. The Labute approximate surface area is 109 Å². The molecule has 0 saturated carbocycles. The van der Waals surface area contributed by atoms with Gasteiger partial charge in [-0.05, 0) is 47.1 Å². The van der Waals surface area contributed by atoms with Gasteiger partial charge in [-0.2, -0.15) is 0 Å². The number of anilines is 1. The Morgan fingerprint density at radius 1 is 1.29 bits per heavy atom. The van der Waals surface area contributed by atoms with Gasteiger partial charge in [0.15, 0.2) is 4.67 Å². The molecule has 2 aromatic rings. The summed E-state index contributed by atoms with van der Waals surface area (Å²) < 4.78 is 11.6. The SMILES string of the molecule is CCOc1cccc(NCc2ccc(Br)o2)c1. The highest BCUT2D eigenvalue weighted by atomic mass is 79.9. The highest BCUT2D eigenvalue weighted by Gasteiger charge is 2.00. The summed E-state index contributed by atoms with van der Waals surface area (Å²) >= 11 is 3.28. The predicted octanol–water partition coefficient (Wildman–Crippen LogP) is 4.05. The molecule has 0 aliphatic carbocycles. The maximum absolute atomic E-state index is 5.43. The number of halogens is 1. The van der Waals surface area contributed by atoms with E-state index in [4.69, 9.17) is 9.15 Å². The van der Waals surface area contributed by atoms with Gasteiger partial charge in [-0.3, -0.25) is 0 Å². The van der Waals surface area contributed by atoms with Crippen molar-refractivity contribution in [2.24, 2.45) is 0 Å². The summed E-state index contributed by atoms with van der Waals surface area (Å²) in [6, 6.07) is 11.7. The Hall–Kier alpha value is -1.42. The second kappa shape index (κ2) is 5.77. The normalized spacial score (nSPS) is 10.2. The van der Waals surface area contributed by atoms with Crippen LogP contribution in [0.5, 0.6) is 5.75 Å². The summed E-state index contributed by atoms with van der Waals surface area (Å²) in [5, 5.41) is 3.28. The van der Waals surface area contributed by atoms with E-state index in [1.165, 1.54) is 0 Å². The highest BCUT2D eigenvalue weighted by Crippen LogP contribution is 2.19. The second-order valence-electron chi connectivity index (χ2n) is 3.52.